The highest BCUT2D eigenvalue weighted by Gasteiger charge is 2.21. The van der Waals surface area contributed by atoms with Crippen molar-refractivity contribution in [1.29, 1.82) is 0 Å². The number of piperidine rings is 1. The first-order valence-corrected chi connectivity index (χ1v) is 9.94. The number of carboxylic acids is 1. The number of aromatic nitrogens is 4. The number of imidazole rings is 1. The van der Waals surface area contributed by atoms with Crippen molar-refractivity contribution in [2.45, 2.75) is 32.7 Å². The van der Waals surface area contributed by atoms with Gasteiger partial charge in [-0.3, -0.25) is 9.88 Å². The summed E-state index contributed by atoms with van der Waals surface area (Å²) in [6.45, 7) is 4.88. The summed E-state index contributed by atoms with van der Waals surface area (Å²) < 4.78 is 0. The first-order chi connectivity index (χ1) is 14.1. The van der Waals surface area contributed by atoms with Gasteiger partial charge in [-0.25, -0.2) is 14.8 Å². The molecule has 0 radical (unpaired) electrons. The van der Waals surface area contributed by atoms with Gasteiger partial charge in [-0.05, 0) is 56.3 Å². The van der Waals surface area contributed by atoms with Crippen molar-refractivity contribution in [1.82, 2.24) is 24.8 Å². The fourth-order valence-corrected chi connectivity index (χ4v) is 3.93. The zero-order valence-electron chi connectivity index (χ0n) is 16.5. The number of aromatic carboxylic acids is 1. The van der Waals surface area contributed by atoms with Gasteiger partial charge in [0, 0.05) is 31.2 Å². The Morgan fingerprint density at radius 3 is 2.79 bits per heavy atom. The molecule has 1 atom stereocenters. The second-order valence-corrected chi connectivity index (χ2v) is 7.76. The van der Waals surface area contributed by atoms with Crippen molar-refractivity contribution in [2.75, 3.05) is 13.1 Å². The third kappa shape index (κ3) is 4.86. The fraction of sp³-hybridized carbons (Fsp3) is 0.364. The van der Waals surface area contributed by atoms with Gasteiger partial charge >= 0.3 is 5.97 Å². The van der Waals surface area contributed by atoms with Crippen molar-refractivity contribution in [3.8, 4) is 11.5 Å². The maximum absolute atomic E-state index is 11.0. The van der Waals surface area contributed by atoms with E-state index in [0.29, 0.717) is 11.5 Å². The number of nitrogens with one attached hydrogen (secondary N) is 1. The summed E-state index contributed by atoms with van der Waals surface area (Å²) in [6.07, 6.45) is 8.63. The topological polar surface area (TPSA) is 95.0 Å². The van der Waals surface area contributed by atoms with Gasteiger partial charge in [-0.15, -0.1) is 0 Å². The van der Waals surface area contributed by atoms with E-state index in [9.17, 15) is 4.79 Å². The Morgan fingerprint density at radius 2 is 2.07 bits per heavy atom. The number of H-pyrrole nitrogens is 1. The Hall–Kier alpha value is -3.06. The lowest BCUT2D eigenvalue weighted by Gasteiger charge is -2.32. The molecule has 1 fully saturated rings. The number of hydrogen-bond donors (Lipinski definition) is 2. The number of aryl methyl sites for hydroxylation is 1. The lowest BCUT2D eigenvalue weighted by molar-refractivity contribution is 0.0697. The fourth-order valence-electron chi connectivity index (χ4n) is 3.93. The number of likely N-dealkylation sites (tertiary alicyclic amines) is 1. The van der Waals surface area contributed by atoms with Crippen LogP contribution < -0.4 is 0 Å². The smallest absolute Gasteiger partial charge is 0.335 e. The summed E-state index contributed by atoms with van der Waals surface area (Å²) in [5, 5.41) is 9.04. The zero-order valence-corrected chi connectivity index (χ0v) is 16.5. The number of rotatable bonds is 6. The molecule has 0 spiro atoms. The maximum atomic E-state index is 11.0. The molecule has 0 unspecified atom stereocenters. The number of hydrogen-bond acceptors (Lipinski definition) is 5. The van der Waals surface area contributed by atoms with E-state index in [2.05, 4.69) is 19.9 Å². The van der Waals surface area contributed by atoms with Gasteiger partial charge in [-0.2, -0.15) is 0 Å². The number of carboxylic acid groups (broad SMARTS) is 1. The molecule has 0 bridgehead atoms. The monoisotopic (exact) mass is 391 g/mol. The number of nitrogens with zero attached hydrogens (tertiary/aromatic N) is 4. The molecular formula is C22H25N5O2. The number of benzene rings is 1. The summed E-state index contributed by atoms with van der Waals surface area (Å²) in [5.41, 5.74) is 4.25. The number of aromatic amines is 1. The molecule has 3 aromatic rings. The summed E-state index contributed by atoms with van der Waals surface area (Å²) in [4.78, 5) is 30.1. The lowest BCUT2D eigenvalue weighted by atomic mass is 9.93. The minimum absolute atomic E-state index is 0.329. The van der Waals surface area contributed by atoms with Gasteiger partial charge in [0.1, 0.15) is 5.69 Å². The Balaban J connectivity index is 1.38. The van der Waals surface area contributed by atoms with E-state index in [1.165, 1.54) is 6.42 Å². The van der Waals surface area contributed by atoms with Crippen LogP contribution in [0.3, 0.4) is 0 Å². The molecule has 4 rings (SSSR count). The van der Waals surface area contributed by atoms with E-state index in [-0.39, 0.29) is 0 Å². The largest absolute Gasteiger partial charge is 0.478 e. The minimum Gasteiger partial charge on any atom is -0.478 e. The van der Waals surface area contributed by atoms with E-state index in [1.54, 1.807) is 24.5 Å². The maximum Gasteiger partial charge on any atom is 0.335 e. The van der Waals surface area contributed by atoms with Gasteiger partial charge in [-0.1, -0.05) is 12.1 Å². The van der Waals surface area contributed by atoms with Crippen LogP contribution in [0.25, 0.3) is 11.5 Å². The van der Waals surface area contributed by atoms with Crippen LogP contribution in [0.2, 0.25) is 0 Å². The Bertz CT molecular complexity index is 983. The highest BCUT2D eigenvalue weighted by Crippen LogP contribution is 2.22. The van der Waals surface area contributed by atoms with Crippen molar-refractivity contribution < 1.29 is 9.90 Å². The van der Waals surface area contributed by atoms with Crippen LogP contribution in [-0.4, -0.2) is 49.0 Å². The van der Waals surface area contributed by atoms with E-state index in [0.717, 1.165) is 60.9 Å². The van der Waals surface area contributed by atoms with Crippen LogP contribution in [0, 0.1) is 12.8 Å². The van der Waals surface area contributed by atoms with Crippen LogP contribution in [0.15, 0.2) is 42.9 Å². The molecule has 0 amide bonds. The lowest BCUT2D eigenvalue weighted by Crippen LogP contribution is -2.35. The van der Waals surface area contributed by atoms with E-state index in [4.69, 9.17) is 10.1 Å². The molecule has 7 heteroatoms. The summed E-state index contributed by atoms with van der Waals surface area (Å²) in [6, 6.07) is 7.17. The van der Waals surface area contributed by atoms with Gasteiger partial charge in [0.05, 0.1) is 17.5 Å². The van der Waals surface area contributed by atoms with Gasteiger partial charge in [0.15, 0.2) is 5.82 Å². The van der Waals surface area contributed by atoms with Crippen LogP contribution in [0.5, 0.6) is 0 Å². The van der Waals surface area contributed by atoms with E-state index < -0.39 is 5.97 Å². The van der Waals surface area contributed by atoms with Crippen molar-refractivity contribution >= 4 is 5.97 Å². The van der Waals surface area contributed by atoms with Crippen molar-refractivity contribution in [2.24, 2.45) is 5.92 Å². The zero-order chi connectivity index (χ0) is 20.2. The molecule has 1 saturated heterocycles. The summed E-state index contributed by atoms with van der Waals surface area (Å²) in [5.74, 6) is 0.402. The first kappa shape index (κ1) is 19.3. The van der Waals surface area contributed by atoms with E-state index in [1.807, 2.05) is 25.3 Å². The normalized spacial score (nSPS) is 17.3. The highest BCUT2D eigenvalue weighted by atomic mass is 16.4. The van der Waals surface area contributed by atoms with E-state index >= 15 is 0 Å². The Labute approximate surface area is 169 Å². The Morgan fingerprint density at radius 1 is 1.24 bits per heavy atom. The van der Waals surface area contributed by atoms with Gasteiger partial charge in [0.2, 0.25) is 0 Å². The second kappa shape index (κ2) is 8.53. The molecule has 2 N–H and O–H groups in total. The molecule has 0 saturated carbocycles. The molecule has 150 valence electrons. The molecule has 0 aliphatic carbocycles. The third-order valence-electron chi connectivity index (χ3n) is 5.34. The summed E-state index contributed by atoms with van der Waals surface area (Å²) >= 11 is 0. The van der Waals surface area contributed by atoms with Crippen LogP contribution in [0.1, 0.15) is 40.2 Å². The standard InChI is InChI=1S/C22H25N5O2/c1-15-10-24-21(25-15)20-12-23-11-19(26-20)9-17-3-2-8-27(14-17)13-16-4-6-18(7-5-16)22(28)29/h4-7,10-12,17H,2-3,8-9,13-14H2,1H3,(H,24,25)(H,28,29)/t17-/m1/s1. The molecule has 29 heavy (non-hydrogen) atoms. The second-order valence-electron chi connectivity index (χ2n) is 7.76. The predicted molar refractivity (Wildman–Crippen MR) is 109 cm³/mol. The molecule has 2 aromatic heterocycles. The molecule has 1 aliphatic heterocycles. The molecule has 1 aliphatic rings. The molecule has 3 heterocycles. The predicted octanol–water partition coefficient (Wildman–Crippen LogP) is 3.33. The van der Waals surface area contributed by atoms with Crippen LogP contribution in [-0.2, 0) is 13.0 Å². The van der Waals surface area contributed by atoms with Crippen molar-refractivity contribution in [3.63, 3.8) is 0 Å². The average Bonchev–Trinajstić information content (AvgIpc) is 3.15. The Kier molecular flexibility index (Phi) is 5.67. The number of carbonyl (C=O) groups is 1. The summed E-state index contributed by atoms with van der Waals surface area (Å²) in [7, 11) is 0. The quantitative estimate of drug-likeness (QED) is 0.669. The third-order valence-corrected chi connectivity index (χ3v) is 5.34. The van der Waals surface area contributed by atoms with Gasteiger partial charge < -0.3 is 10.1 Å². The molecular weight excluding hydrogens is 366 g/mol. The van der Waals surface area contributed by atoms with Crippen LogP contribution >= 0.6 is 0 Å². The van der Waals surface area contributed by atoms with Crippen LogP contribution in [0.4, 0.5) is 0 Å². The average molecular weight is 391 g/mol. The van der Waals surface area contributed by atoms with Gasteiger partial charge in [0.25, 0.3) is 0 Å². The SMILES string of the molecule is Cc1cnc(-c2cncc(C[C@H]3CCCN(Cc4ccc(C(=O)O)cc4)C3)n2)[nH]1. The first-order valence-electron chi connectivity index (χ1n) is 9.94. The van der Waals surface area contributed by atoms with Crippen molar-refractivity contribution in [3.05, 3.63) is 65.4 Å². The molecule has 7 nitrogen and oxygen atoms in total. The highest BCUT2D eigenvalue weighted by molar-refractivity contribution is 5.87. The minimum atomic E-state index is -0.886. The molecule has 1 aromatic carbocycles.